The summed E-state index contributed by atoms with van der Waals surface area (Å²) in [7, 11) is 0. The zero-order valence-corrected chi connectivity index (χ0v) is 17.4. The minimum atomic E-state index is -0.940. The van der Waals surface area contributed by atoms with E-state index >= 15 is 0 Å². The fourth-order valence-corrected chi connectivity index (χ4v) is 2.98. The number of rotatable bonds is 10. The summed E-state index contributed by atoms with van der Waals surface area (Å²) in [6.07, 6.45) is 0.227. The van der Waals surface area contributed by atoms with Gasteiger partial charge in [0, 0.05) is 6.42 Å². The third-order valence-electron chi connectivity index (χ3n) is 4.64. The van der Waals surface area contributed by atoms with Crippen LogP contribution in [0.1, 0.15) is 16.7 Å². The maximum absolute atomic E-state index is 12.3. The zero-order valence-electron chi connectivity index (χ0n) is 17.4. The molecule has 1 amide bonds. The molecule has 0 aliphatic heterocycles. The second-order valence-electron chi connectivity index (χ2n) is 7.03. The molecular weight excluding hydrogens is 406 g/mol. The predicted molar refractivity (Wildman–Crippen MR) is 119 cm³/mol. The summed E-state index contributed by atoms with van der Waals surface area (Å²) in [4.78, 5) is 27.2. The number of amides is 1. The van der Waals surface area contributed by atoms with E-state index in [0.717, 1.165) is 22.9 Å². The molecule has 3 aromatic carbocycles. The summed E-state index contributed by atoms with van der Waals surface area (Å²) in [6, 6.07) is 25.3. The first kappa shape index (κ1) is 22.5. The van der Waals surface area contributed by atoms with Crippen molar-refractivity contribution in [3.05, 3.63) is 107 Å². The second kappa shape index (κ2) is 11.8. The van der Waals surface area contributed by atoms with Crippen molar-refractivity contribution in [1.29, 1.82) is 0 Å². The van der Waals surface area contributed by atoms with Gasteiger partial charge < -0.3 is 20.3 Å². The van der Waals surface area contributed by atoms with Gasteiger partial charge in [-0.15, -0.1) is 0 Å². The van der Waals surface area contributed by atoms with Crippen LogP contribution in [0.3, 0.4) is 0 Å². The topological polar surface area (TPSA) is 101 Å². The summed E-state index contributed by atoms with van der Waals surface area (Å²) >= 11 is 0. The summed E-state index contributed by atoms with van der Waals surface area (Å²) in [6.45, 7) is 0.526. The largest absolute Gasteiger partial charge is 0.489 e. The number of hydrogen-bond acceptors (Lipinski definition) is 4. The molecule has 0 aliphatic carbocycles. The molecule has 0 saturated carbocycles. The van der Waals surface area contributed by atoms with Crippen molar-refractivity contribution in [3.63, 3.8) is 0 Å². The molecule has 0 aliphatic rings. The third-order valence-corrected chi connectivity index (χ3v) is 4.64. The number of hydrogen-bond donors (Lipinski definition) is 1. The van der Waals surface area contributed by atoms with E-state index in [1.807, 2.05) is 72.8 Å². The number of benzene rings is 3. The SMILES string of the molecule is [N-]=[N+]=CC(=O)[C@H](Cc1ccc(OCc2ccccc2)cc1)NC(=O)OCc1ccccc1. The lowest BCUT2D eigenvalue weighted by molar-refractivity contribution is -0.117. The molecule has 0 heterocycles. The molecule has 0 unspecified atom stereocenters. The van der Waals surface area contributed by atoms with Crippen molar-refractivity contribution in [2.75, 3.05) is 0 Å². The first-order chi connectivity index (χ1) is 15.6. The van der Waals surface area contributed by atoms with Gasteiger partial charge in [0.05, 0.1) is 0 Å². The average Bonchev–Trinajstić information content (AvgIpc) is 2.83. The van der Waals surface area contributed by atoms with E-state index in [-0.39, 0.29) is 13.0 Å². The molecule has 0 spiro atoms. The monoisotopic (exact) mass is 429 g/mol. The number of ether oxygens (including phenoxy) is 2. The van der Waals surface area contributed by atoms with Crippen molar-refractivity contribution in [2.45, 2.75) is 25.7 Å². The molecule has 0 radical (unpaired) electrons. The second-order valence-corrected chi connectivity index (χ2v) is 7.03. The zero-order chi connectivity index (χ0) is 22.6. The molecule has 7 heteroatoms. The minimum Gasteiger partial charge on any atom is -0.489 e. The van der Waals surface area contributed by atoms with Gasteiger partial charge in [0.1, 0.15) is 25.0 Å². The normalized spacial score (nSPS) is 11.0. The van der Waals surface area contributed by atoms with Gasteiger partial charge in [-0.2, -0.15) is 4.79 Å². The molecule has 1 atom stereocenters. The van der Waals surface area contributed by atoms with Crippen LogP contribution in [0, 0.1) is 0 Å². The lowest BCUT2D eigenvalue weighted by Gasteiger charge is -2.15. The summed E-state index contributed by atoms with van der Waals surface area (Å²) in [5, 5.41) is 2.54. The van der Waals surface area contributed by atoms with Gasteiger partial charge in [-0.1, -0.05) is 72.8 Å². The highest BCUT2D eigenvalue weighted by Crippen LogP contribution is 2.15. The Morgan fingerprint density at radius 3 is 2.03 bits per heavy atom. The maximum Gasteiger partial charge on any atom is 0.408 e. The number of nitrogens with zero attached hydrogens (tertiary/aromatic N) is 2. The maximum atomic E-state index is 12.3. The number of ketones is 1. The van der Waals surface area contributed by atoms with Crippen LogP contribution in [-0.2, 0) is 29.2 Å². The van der Waals surface area contributed by atoms with Gasteiger partial charge in [0.15, 0.2) is 0 Å². The average molecular weight is 429 g/mol. The van der Waals surface area contributed by atoms with Crippen molar-refractivity contribution in [3.8, 4) is 5.75 Å². The minimum absolute atomic E-state index is 0.0785. The summed E-state index contributed by atoms with van der Waals surface area (Å²) < 4.78 is 11.0. The van der Waals surface area contributed by atoms with Crippen LogP contribution in [0.15, 0.2) is 84.9 Å². The Kier molecular flexibility index (Phi) is 8.31. The lowest BCUT2D eigenvalue weighted by Crippen LogP contribution is -2.43. The van der Waals surface area contributed by atoms with Gasteiger partial charge >= 0.3 is 12.3 Å². The summed E-state index contributed by atoms with van der Waals surface area (Å²) in [5.74, 6) is 0.140. The van der Waals surface area contributed by atoms with Crippen molar-refractivity contribution in [1.82, 2.24) is 5.32 Å². The Bertz CT molecular complexity index is 1060. The van der Waals surface area contributed by atoms with Crippen molar-refractivity contribution in [2.24, 2.45) is 0 Å². The molecule has 32 heavy (non-hydrogen) atoms. The molecular formula is C25H23N3O4. The van der Waals surface area contributed by atoms with Gasteiger partial charge in [0.2, 0.25) is 0 Å². The van der Waals surface area contributed by atoms with Crippen LogP contribution in [0.5, 0.6) is 5.75 Å². The Balaban J connectivity index is 1.57. The van der Waals surface area contributed by atoms with E-state index in [1.54, 1.807) is 12.1 Å². The van der Waals surface area contributed by atoms with Crippen molar-refractivity contribution < 1.29 is 23.9 Å². The standard InChI is InChI=1S/C25H23N3O4/c26-27-16-24(29)23(28-25(30)32-18-21-9-5-2-6-10-21)15-19-11-13-22(14-12-19)31-17-20-7-3-1-4-8-20/h1-14,16,23H,15,17-18H2,(H,28,30)/t23-/m0/s1. The van der Waals surface area contributed by atoms with Crippen molar-refractivity contribution >= 4 is 18.1 Å². The quantitative estimate of drug-likeness (QED) is 0.299. The first-order valence-electron chi connectivity index (χ1n) is 10.1. The molecule has 7 nitrogen and oxygen atoms in total. The van der Waals surface area contributed by atoms with E-state index in [1.165, 1.54) is 0 Å². The van der Waals surface area contributed by atoms with Crippen LogP contribution in [0.2, 0.25) is 0 Å². The van der Waals surface area contributed by atoms with Crippen LogP contribution in [0.4, 0.5) is 4.79 Å². The Labute approximate surface area is 186 Å². The van der Waals surface area contributed by atoms with E-state index in [9.17, 15) is 9.59 Å². The molecule has 162 valence electrons. The Morgan fingerprint density at radius 2 is 1.44 bits per heavy atom. The lowest BCUT2D eigenvalue weighted by atomic mass is 10.0. The third kappa shape index (κ3) is 7.23. The van der Waals surface area contributed by atoms with E-state index in [2.05, 4.69) is 10.1 Å². The van der Waals surface area contributed by atoms with Gasteiger partial charge in [-0.3, -0.25) is 4.79 Å². The van der Waals surface area contributed by atoms with Crippen LogP contribution in [-0.4, -0.2) is 28.9 Å². The smallest absolute Gasteiger partial charge is 0.408 e. The van der Waals surface area contributed by atoms with Gasteiger partial charge in [-0.25, -0.2) is 4.79 Å². The molecule has 0 bridgehead atoms. The van der Waals surface area contributed by atoms with E-state index in [4.69, 9.17) is 15.0 Å². The fraction of sp³-hybridized carbons (Fsp3) is 0.160. The predicted octanol–water partition coefficient (Wildman–Crippen LogP) is 3.97. The highest BCUT2D eigenvalue weighted by molar-refractivity contribution is 6.28. The highest BCUT2D eigenvalue weighted by Gasteiger charge is 2.23. The van der Waals surface area contributed by atoms with Gasteiger partial charge in [0.25, 0.3) is 5.78 Å². The molecule has 0 fully saturated rings. The van der Waals surface area contributed by atoms with Crippen LogP contribution < -0.4 is 10.1 Å². The molecule has 1 N–H and O–H groups in total. The number of nitrogens with one attached hydrogen (secondary N) is 1. The molecule has 3 aromatic rings. The number of Topliss-reactive ketones (excluding diaryl/α,β-unsaturated/α-hetero) is 1. The first-order valence-corrected chi connectivity index (χ1v) is 10.1. The molecule has 3 rings (SSSR count). The fourth-order valence-electron chi connectivity index (χ4n) is 2.98. The van der Waals surface area contributed by atoms with Gasteiger partial charge in [-0.05, 0) is 28.8 Å². The van der Waals surface area contributed by atoms with Crippen LogP contribution >= 0.6 is 0 Å². The Hall–Kier alpha value is -4.22. The number of alkyl carbamates (subject to hydrolysis) is 1. The van der Waals surface area contributed by atoms with E-state index < -0.39 is 17.9 Å². The highest BCUT2D eigenvalue weighted by atomic mass is 16.5. The van der Waals surface area contributed by atoms with E-state index in [0.29, 0.717) is 12.4 Å². The number of carbonyl (C=O) groups excluding carboxylic acids is 2. The Morgan fingerprint density at radius 1 is 0.844 bits per heavy atom. The molecule has 0 saturated heterocycles. The summed E-state index contributed by atoms with van der Waals surface area (Å²) in [5.41, 5.74) is 11.4. The molecule has 0 aromatic heterocycles. The van der Waals surface area contributed by atoms with Crippen LogP contribution in [0.25, 0.3) is 5.53 Å². The number of carbonyl (C=O) groups is 2.